The highest BCUT2D eigenvalue weighted by Crippen LogP contribution is 2.63. The number of rotatable bonds is 2. The Hall–Kier alpha value is -2.36. The Balaban J connectivity index is 1.62. The third-order valence-electron chi connectivity index (χ3n) is 6.56. The second-order valence-corrected chi connectivity index (χ2v) is 7.72. The Kier molecular flexibility index (Phi) is 3.18. The van der Waals surface area contributed by atoms with Crippen molar-refractivity contribution in [3.8, 4) is 0 Å². The predicted molar refractivity (Wildman–Crippen MR) is 93.2 cm³/mol. The summed E-state index contributed by atoms with van der Waals surface area (Å²) in [7, 11) is 0. The minimum atomic E-state index is -0.872. The van der Waals surface area contributed by atoms with E-state index in [1.54, 1.807) is 6.07 Å². The summed E-state index contributed by atoms with van der Waals surface area (Å²) in [5.41, 5.74) is 3.68. The van der Waals surface area contributed by atoms with Crippen molar-refractivity contribution in [3.05, 3.63) is 65.0 Å². The molecule has 2 aliphatic carbocycles. The molecule has 4 heteroatoms. The molecule has 2 saturated carbocycles. The number of hydrogen-bond donors (Lipinski definition) is 2. The summed E-state index contributed by atoms with van der Waals surface area (Å²) in [6, 6.07) is 12.4. The number of halogens is 1. The highest BCUT2D eigenvalue weighted by atomic mass is 19.1. The first-order valence-corrected chi connectivity index (χ1v) is 9.01. The third kappa shape index (κ3) is 2.20. The van der Waals surface area contributed by atoms with Gasteiger partial charge < -0.3 is 10.4 Å². The predicted octanol–water partition coefficient (Wildman–Crippen LogP) is 4.82. The maximum Gasteiger partial charge on any atom is 0.335 e. The molecule has 25 heavy (non-hydrogen) atoms. The van der Waals surface area contributed by atoms with E-state index >= 15 is 0 Å². The number of hydrogen-bond acceptors (Lipinski definition) is 2. The molecule has 1 aliphatic heterocycles. The van der Waals surface area contributed by atoms with E-state index in [0.29, 0.717) is 29.2 Å². The maximum atomic E-state index is 13.4. The Morgan fingerprint density at radius 3 is 2.60 bits per heavy atom. The summed E-state index contributed by atoms with van der Waals surface area (Å²) in [4.78, 5) is 11.4. The summed E-state index contributed by atoms with van der Waals surface area (Å²) in [5, 5.41) is 13.0. The Morgan fingerprint density at radius 1 is 1.08 bits per heavy atom. The summed E-state index contributed by atoms with van der Waals surface area (Å²) in [5.74, 6) is 1.09. The first kappa shape index (κ1) is 14.9. The standard InChI is InChI=1S/C21H20FNO2/c22-15-6-3-11(4-7-15)20-19-13-2-1-12(9-13)18(19)16-10-14(21(24)25)5-8-17(16)23-20/h3-8,10,12-13,18-20,23H,1-2,9H2,(H,24,25)/t12-,13-,18-,19+,20-/m0/s1. The highest BCUT2D eigenvalue weighted by molar-refractivity contribution is 5.88. The number of carbonyl (C=O) groups is 1. The van der Waals surface area contributed by atoms with Crippen molar-refractivity contribution in [3.63, 3.8) is 0 Å². The van der Waals surface area contributed by atoms with Gasteiger partial charge in [-0.3, -0.25) is 0 Å². The third-order valence-corrected chi connectivity index (χ3v) is 6.56. The molecule has 2 aromatic rings. The lowest BCUT2D eigenvalue weighted by molar-refractivity contribution is 0.0696. The first-order valence-electron chi connectivity index (χ1n) is 9.01. The van der Waals surface area contributed by atoms with Crippen LogP contribution in [0.5, 0.6) is 0 Å². The number of benzene rings is 2. The van der Waals surface area contributed by atoms with Crippen LogP contribution in [0.2, 0.25) is 0 Å². The molecule has 128 valence electrons. The fraction of sp³-hybridized carbons (Fsp3) is 0.381. The van der Waals surface area contributed by atoms with Crippen LogP contribution in [0.1, 0.15) is 52.7 Å². The molecule has 0 spiro atoms. The molecule has 0 saturated heterocycles. The van der Waals surface area contributed by atoms with E-state index in [2.05, 4.69) is 5.32 Å². The molecule has 1 heterocycles. The van der Waals surface area contributed by atoms with Gasteiger partial charge in [0.1, 0.15) is 5.82 Å². The molecule has 2 fully saturated rings. The molecule has 3 aliphatic rings. The van der Waals surface area contributed by atoms with E-state index in [-0.39, 0.29) is 11.9 Å². The van der Waals surface area contributed by atoms with Crippen molar-refractivity contribution in [2.45, 2.75) is 31.2 Å². The van der Waals surface area contributed by atoms with Crippen LogP contribution in [0, 0.1) is 23.6 Å². The molecule has 3 nitrogen and oxygen atoms in total. The van der Waals surface area contributed by atoms with Crippen molar-refractivity contribution < 1.29 is 14.3 Å². The fourth-order valence-corrected chi connectivity index (χ4v) is 5.62. The van der Waals surface area contributed by atoms with Crippen molar-refractivity contribution >= 4 is 11.7 Å². The maximum absolute atomic E-state index is 13.4. The van der Waals surface area contributed by atoms with Crippen LogP contribution >= 0.6 is 0 Å². The van der Waals surface area contributed by atoms with Crippen LogP contribution in [0.25, 0.3) is 0 Å². The van der Waals surface area contributed by atoms with Gasteiger partial charge in [0.25, 0.3) is 0 Å². The number of anilines is 1. The van der Waals surface area contributed by atoms with Gasteiger partial charge in [0.2, 0.25) is 0 Å². The highest BCUT2D eigenvalue weighted by Gasteiger charge is 2.53. The molecular weight excluding hydrogens is 317 g/mol. The minimum Gasteiger partial charge on any atom is -0.478 e. The van der Waals surface area contributed by atoms with Crippen LogP contribution in [0.4, 0.5) is 10.1 Å². The van der Waals surface area contributed by atoms with Gasteiger partial charge in [0.05, 0.1) is 11.6 Å². The summed E-state index contributed by atoms with van der Waals surface area (Å²) < 4.78 is 13.4. The minimum absolute atomic E-state index is 0.170. The van der Waals surface area contributed by atoms with Gasteiger partial charge in [-0.05, 0) is 84.4 Å². The van der Waals surface area contributed by atoms with Crippen molar-refractivity contribution in [1.29, 1.82) is 0 Å². The molecule has 0 aromatic heterocycles. The van der Waals surface area contributed by atoms with E-state index < -0.39 is 5.97 Å². The van der Waals surface area contributed by atoms with Crippen LogP contribution in [0.15, 0.2) is 42.5 Å². The zero-order chi connectivity index (χ0) is 17.1. The summed E-state index contributed by atoms with van der Waals surface area (Å²) in [6.45, 7) is 0. The van der Waals surface area contributed by atoms with Crippen LogP contribution in [-0.4, -0.2) is 11.1 Å². The van der Waals surface area contributed by atoms with E-state index in [0.717, 1.165) is 16.8 Å². The van der Waals surface area contributed by atoms with E-state index in [1.165, 1.54) is 31.4 Å². The smallest absolute Gasteiger partial charge is 0.335 e. The summed E-state index contributed by atoms with van der Waals surface area (Å²) in [6.07, 6.45) is 3.71. The largest absolute Gasteiger partial charge is 0.478 e. The molecule has 0 radical (unpaired) electrons. The lowest BCUT2D eigenvalue weighted by Gasteiger charge is -2.43. The van der Waals surface area contributed by atoms with Crippen LogP contribution in [0.3, 0.4) is 0 Å². The number of aromatic carboxylic acids is 1. The molecular formula is C21H20FNO2. The van der Waals surface area contributed by atoms with E-state index in [4.69, 9.17) is 0 Å². The second kappa shape index (κ2) is 5.32. The van der Waals surface area contributed by atoms with Gasteiger partial charge in [0, 0.05) is 5.69 Å². The second-order valence-electron chi connectivity index (χ2n) is 7.72. The van der Waals surface area contributed by atoms with Gasteiger partial charge >= 0.3 is 5.97 Å². The fourth-order valence-electron chi connectivity index (χ4n) is 5.62. The SMILES string of the molecule is O=C(O)c1ccc2c(c1)[C@@H]1[C@H]3CC[C@@H](C3)[C@H]1[C@H](c1ccc(F)cc1)N2. The molecule has 5 rings (SSSR count). The molecule has 0 amide bonds. The van der Waals surface area contributed by atoms with Crippen molar-refractivity contribution in [2.75, 3.05) is 5.32 Å². The molecule has 2 N–H and O–H groups in total. The quantitative estimate of drug-likeness (QED) is 0.826. The van der Waals surface area contributed by atoms with Crippen molar-refractivity contribution in [1.82, 2.24) is 0 Å². The van der Waals surface area contributed by atoms with Gasteiger partial charge in [0.15, 0.2) is 0 Å². The van der Waals surface area contributed by atoms with Crippen LogP contribution < -0.4 is 5.32 Å². The molecule has 2 bridgehead atoms. The average molecular weight is 337 g/mol. The molecule has 5 atom stereocenters. The zero-order valence-electron chi connectivity index (χ0n) is 13.8. The Morgan fingerprint density at radius 2 is 1.84 bits per heavy atom. The van der Waals surface area contributed by atoms with Gasteiger partial charge in [-0.15, -0.1) is 0 Å². The summed E-state index contributed by atoms with van der Waals surface area (Å²) >= 11 is 0. The van der Waals surface area contributed by atoms with E-state index in [9.17, 15) is 14.3 Å². The number of fused-ring (bicyclic) bond motifs is 7. The Labute approximate surface area is 145 Å². The van der Waals surface area contributed by atoms with E-state index in [1.807, 2.05) is 24.3 Å². The van der Waals surface area contributed by atoms with Gasteiger partial charge in [-0.25, -0.2) is 9.18 Å². The Bertz CT molecular complexity index is 847. The first-order chi connectivity index (χ1) is 12.1. The van der Waals surface area contributed by atoms with Gasteiger partial charge in [-0.1, -0.05) is 12.1 Å². The van der Waals surface area contributed by atoms with Gasteiger partial charge in [-0.2, -0.15) is 0 Å². The zero-order valence-corrected chi connectivity index (χ0v) is 13.8. The topological polar surface area (TPSA) is 49.3 Å². The average Bonchev–Trinajstić information content (AvgIpc) is 3.23. The monoisotopic (exact) mass is 337 g/mol. The lowest BCUT2D eigenvalue weighted by atomic mass is 9.68. The molecule has 2 aromatic carbocycles. The lowest BCUT2D eigenvalue weighted by Crippen LogP contribution is -2.35. The normalized spacial score (nSPS) is 32.0. The number of nitrogens with one attached hydrogen (secondary N) is 1. The number of carboxylic acid groups (broad SMARTS) is 1. The van der Waals surface area contributed by atoms with Crippen LogP contribution in [-0.2, 0) is 0 Å². The van der Waals surface area contributed by atoms with Crippen molar-refractivity contribution in [2.24, 2.45) is 17.8 Å². The molecule has 0 unspecified atom stereocenters. The number of carboxylic acids is 1.